The van der Waals surface area contributed by atoms with Crippen molar-refractivity contribution in [2.24, 2.45) is 0 Å². The molecule has 0 bridgehead atoms. The Hall–Kier alpha value is -4.74. The van der Waals surface area contributed by atoms with Crippen LogP contribution in [0.2, 0.25) is 0 Å². The van der Waals surface area contributed by atoms with Crippen molar-refractivity contribution < 1.29 is 37.0 Å². The van der Waals surface area contributed by atoms with Crippen molar-refractivity contribution in [2.45, 2.75) is 6.36 Å². The lowest BCUT2D eigenvalue weighted by Crippen LogP contribution is -2.21. The summed E-state index contributed by atoms with van der Waals surface area (Å²) in [4.78, 5) is 28.6. The van der Waals surface area contributed by atoms with Crippen LogP contribution in [0.15, 0.2) is 73.1 Å². The predicted octanol–water partition coefficient (Wildman–Crippen LogP) is 5.71. The van der Waals surface area contributed by atoms with Crippen LogP contribution in [0.5, 0.6) is 11.5 Å². The van der Waals surface area contributed by atoms with Crippen molar-refractivity contribution in [3.63, 3.8) is 0 Å². The molecule has 2 heterocycles. The van der Waals surface area contributed by atoms with Gasteiger partial charge in [-0.3, -0.25) is 4.57 Å². The van der Waals surface area contributed by atoms with Gasteiger partial charge in [0.05, 0.1) is 24.5 Å². The largest absolute Gasteiger partial charge is 0.573 e. The third kappa shape index (κ3) is 5.61. The number of halogens is 3. The summed E-state index contributed by atoms with van der Waals surface area (Å²) >= 11 is 0. The average molecular weight is 486 g/mol. The van der Waals surface area contributed by atoms with Gasteiger partial charge in [0.1, 0.15) is 5.75 Å². The number of pyridine rings is 1. The Morgan fingerprint density at radius 2 is 1.71 bits per heavy atom. The van der Waals surface area contributed by atoms with Crippen molar-refractivity contribution in [1.82, 2.24) is 9.55 Å². The van der Waals surface area contributed by atoms with Crippen molar-refractivity contribution >= 4 is 34.5 Å². The highest BCUT2D eigenvalue weighted by atomic mass is 19.4. The van der Waals surface area contributed by atoms with E-state index in [1.807, 2.05) is 0 Å². The Labute approximate surface area is 196 Å². The fourth-order valence-electron chi connectivity index (χ4n) is 3.25. The number of nitrogens with zero attached hydrogens (tertiary/aromatic N) is 2. The van der Waals surface area contributed by atoms with Crippen LogP contribution >= 0.6 is 0 Å². The number of fused-ring (bicyclic) bond motifs is 1. The summed E-state index contributed by atoms with van der Waals surface area (Å²) in [7, 11) is 1.19. The summed E-state index contributed by atoms with van der Waals surface area (Å²) in [5.41, 5.74) is 1.20. The lowest BCUT2D eigenvalue weighted by molar-refractivity contribution is -0.274. The number of methoxy groups -OCH3 is 1. The number of carbonyl (C=O) groups is 2. The smallest absolute Gasteiger partial charge is 0.437 e. The molecule has 0 radical (unpaired) electrons. The molecule has 0 fully saturated rings. The second-order valence-corrected chi connectivity index (χ2v) is 6.96. The Balaban J connectivity index is 1.57. The molecule has 0 aliphatic carbocycles. The molecule has 0 saturated carbocycles. The molecule has 0 saturated heterocycles. The van der Waals surface area contributed by atoms with Crippen LogP contribution in [-0.2, 0) is 4.74 Å². The number of urea groups is 1. The molecule has 0 spiro atoms. The van der Waals surface area contributed by atoms with E-state index in [-0.39, 0.29) is 11.4 Å². The van der Waals surface area contributed by atoms with E-state index in [1.54, 1.807) is 41.0 Å². The molecule has 4 aromatic rings. The number of ether oxygens (including phenoxy) is 3. The second kappa shape index (κ2) is 9.63. The fourth-order valence-corrected chi connectivity index (χ4v) is 3.25. The number of nitrogens with one attached hydrogen (secondary N) is 2. The van der Waals surface area contributed by atoms with Crippen LogP contribution < -0.4 is 20.1 Å². The molecule has 0 aliphatic rings. The molecule has 2 amide bonds. The van der Waals surface area contributed by atoms with Gasteiger partial charge in [0.15, 0.2) is 11.6 Å². The van der Waals surface area contributed by atoms with Gasteiger partial charge in [0.2, 0.25) is 0 Å². The third-order valence-corrected chi connectivity index (χ3v) is 4.64. The first kappa shape index (κ1) is 23.4. The van der Waals surface area contributed by atoms with Gasteiger partial charge < -0.3 is 24.8 Å². The number of alkyl halides is 3. The third-order valence-electron chi connectivity index (χ3n) is 4.64. The van der Waals surface area contributed by atoms with Crippen LogP contribution in [0.4, 0.5) is 34.1 Å². The lowest BCUT2D eigenvalue weighted by atomic mass is 10.2. The zero-order chi connectivity index (χ0) is 25.0. The van der Waals surface area contributed by atoms with Crippen LogP contribution in [0, 0.1) is 0 Å². The van der Waals surface area contributed by atoms with Crippen molar-refractivity contribution in [3.8, 4) is 17.3 Å². The fraction of sp³-hybridized carbons (Fsp3) is 0.0870. The van der Waals surface area contributed by atoms with E-state index in [4.69, 9.17) is 4.74 Å². The topological polar surface area (TPSA) is 104 Å². The minimum atomic E-state index is -4.81. The molecule has 0 atom stereocenters. The minimum absolute atomic E-state index is 0.231. The van der Waals surface area contributed by atoms with Crippen LogP contribution in [0.25, 0.3) is 16.7 Å². The Bertz CT molecular complexity index is 1370. The molecule has 0 unspecified atom stereocenters. The van der Waals surface area contributed by atoms with Gasteiger partial charge in [-0.1, -0.05) is 12.1 Å². The van der Waals surface area contributed by atoms with Crippen LogP contribution in [0.3, 0.4) is 0 Å². The summed E-state index contributed by atoms with van der Waals surface area (Å²) in [5.74, 6) is 0.143. The number of para-hydroxylation sites is 1. The zero-order valence-electron chi connectivity index (χ0n) is 18.0. The van der Waals surface area contributed by atoms with E-state index in [0.717, 1.165) is 12.1 Å². The standard InChI is InChI=1S/C23H17F3N4O5/c1-33-22(32)34-19-13-30(18-7-3-2-5-16(18)19)20-17(6-4-12-27-20)29-21(31)28-14-8-10-15(11-9-14)35-23(24,25)26/h2-13H,1H3,(H2,28,29,31). The van der Waals surface area contributed by atoms with Gasteiger partial charge >= 0.3 is 18.5 Å². The molecule has 35 heavy (non-hydrogen) atoms. The van der Waals surface area contributed by atoms with E-state index >= 15 is 0 Å². The highest BCUT2D eigenvalue weighted by Crippen LogP contribution is 2.32. The highest BCUT2D eigenvalue weighted by Gasteiger charge is 2.31. The molecule has 9 nitrogen and oxygen atoms in total. The number of hydrogen-bond acceptors (Lipinski definition) is 6. The van der Waals surface area contributed by atoms with E-state index < -0.39 is 24.3 Å². The van der Waals surface area contributed by atoms with E-state index in [1.165, 1.54) is 31.6 Å². The van der Waals surface area contributed by atoms with Crippen molar-refractivity contribution in [3.05, 3.63) is 73.1 Å². The summed E-state index contributed by atoms with van der Waals surface area (Å²) in [6.07, 6.45) is -2.65. The molecule has 12 heteroatoms. The summed E-state index contributed by atoms with van der Waals surface area (Å²) in [6.45, 7) is 0. The average Bonchev–Trinajstić information content (AvgIpc) is 3.18. The van der Waals surface area contributed by atoms with E-state index in [2.05, 4.69) is 25.1 Å². The Morgan fingerprint density at radius 1 is 0.971 bits per heavy atom. The van der Waals surface area contributed by atoms with Gasteiger partial charge in [-0.25, -0.2) is 14.6 Å². The second-order valence-electron chi connectivity index (χ2n) is 6.96. The summed E-state index contributed by atoms with van der Waals surface area (Å²) in [6, 6.07) is 14.3. The highest BCUT2D eigenvalue weighted by molar-refractivity contribution is 6.01. The minimum Gasteiger partial charge on any atom is -0.437 e. The zero-order valence-corrected chi connectivity index (χ0v) is 18.0. The number of anilines is 2. The first-order valence-corrected chi connectivity index (χ1v) is 9.98. The number of benzene rings is 2. The quantitative estimate of drug-likeness (QED) is 0.350. The van der Waals surface area contributed by atoms with Gasteiger partial charge in [-0.05, 0) is 48.5 Å². The molecule has 4 rings (SSSR count). The molecular formula is C23H17F3N4O5. The summed E-state index contributed by atoms with van der Waals surface area (Å²) < 4.78 is 52.2. The maximum absolute atomic E-state index is 12.6. The maximum Gasteiger partial charge on any atom is 0.573 e. The van der Waals surface area contributed by atoms with Crippen LogP contribution in [-0.4, -0.2) is 35.2 Å². The van der Waals surface area contributed by atoms with E-state index in [0.29, 0.717) is 22.4 Å². The molecular weight excluding hydrogens is 469 g/mol. The summed E-state index contributed by atoms with van der Waals surface area (Å²) in [5, 5.41) is 5.80. The number of hydrogen-bond donors (Lipinski definition) is 2. The maximum atomic E-state index is 12.6. The SMILES string of the molecule is COC(=O)Oc1cn(-c2ncccc2NC(=O)Nc2ccc(OC(F)(F)F)cc2)c2ccccc12. The Morgan fingerprint density at radius 3 is 2.43 bits per heavy atom. The molecule has 2 aromatic carbocycles. The van der Waals surface area contributed by atoms with E-state index in [9.17, 15) is 22.8 Å². The lowest BCUT2D eigenvalue weighted by Gasteiger charge is -2.13. The van der Waals surface area contributed by atoms with Crippen molar-refractivity contribution in [2.75, 3.05) is 17.7 Å². The number of rotatable bonds is 5. The first-order chi connectivity index (χ1) is 16.7. The van der Waals surface area contributed by atoms with Gasteiger partial charge in [-0.2, -0.15) is 0 Å². The number of carbonyl (C=O) groups excluding carboxylic acids is 2. The van der Waals surface area contributed by atoms with Crippen LogP contribution in [0.1, 0.15) is 0 Å². The number of amides is 2. The molecule has 180 valence electrons. The van der Waals surface area contributed by atoms with Gasteiger partial charge in [0, 0.05) is 17.3 Å². The molecule has 0 aliphatic heterocycles. The monoisotopic (exact) mass is 486 g/mol. The van der Waals surface area contributed by atoms with Gasteiger partial charge in [0.25, 0.3) is 0 Å². The molecule has 2 aromatic heterocycles. The van der Waals surface area contributed by atoms with Crippen molar-refractivity contribution in [1.29, 1.82) is 0 Å². The Kier molecular flexibility index (Phi) is 6.44. The predicted molar refractivity (Wildman–Crippen MR) is 120 cm³/mol. The first-order valence-electron chi connectivity index (χ1n) is 9.98. The van der Waals surface area contributed by atoms with Gasteiger partial charge in [-0.15, -0.1) is 13.2 Å². The molecule has 2 N–H and O–H groups in total. The number of aromatic nitrogens is 2. The normalized spacial score (nSPS) is 11.1.